The Kier molecular flexibility index (Phi) is 1.90. The molecule has 0 bridgehead atoms. The third kappa shape index (κ3) is 1.26. The highest BCUT2D eigenvalue weighted by Crippen LogP contribution is 2.05. The van der Waals surface area contributed by atoms with Crippen molar-refractivity contribution in [3.05, 3.63) is 24.4 Å². The minimum absolute atomic E-state index is 0.0509. The fourth-order valence-corrected chi connectivity index (χ4v) is 1.01. The highest BCUT2D eigenvalue weighted by molar-refractivity contribution is 5.83. The molecule has 0 saturated heterocycles. The summed E-state index contributed by atoms with van der Waals surface area (Å²) in [4.78, 5) is 12.8. The molecule has 1 atom stereocenters. The van der Waals surface area contributed by atoms with Crippen molar-refractivity contribution in [2.45, 2.75) is 13.0 Å². The van der Waals surface area contributed by atoms with Crippen LogP contribution in [0.3, 0.4) is 0 Å². The molecule has 2 nitrogen and oxygen atoms in total. The molecule has 0 radical (unpaired) electrons. The minimum Gasteiger partial charge on any atom is -0.367 e. The summed E-state index contributed by atoms with van der Waals surface area (Å²) < 4.78 is 0. The molecule has 0 spiro atoms. The number of hydrogen-bond donors (Lipinski definition) is 0. The van der Waals surface area contributed by atoms with Crippen LogP contribution in [0.25, 0.3) is 0 Å². The van der Waals surface area contributed by atoms with Crippen molar-refractivity contribution < 1.29 is 4.79 Å². The van der Waals surface area contributed by atoms with Gasteiger partial charge in [0.05, 0.1) is 0 Å². The van der Waals surface area contributed by atoms with Crippen molar-refractivity contribution >= 4 is 5.78 Å². The first-order valence-corrected chi connectivity index (χ1v) is 3.29. The second-order valence-corrected chi connectivity index (χ2v) is 2.45. The Morgan fingerprint density at radius 1 is 1.50 bits per heavy atom. The van der Waals surface area contributed by atoms with Gasteiger partial charge in [-0.1, -0.05) is 12.2 Å². The van der Waals surface area contributed by atoms with Gasteiger partial charge in [0.15, 0.2) is 5.78 Å². The second-order valence-electron chi connectivity index (χ2n) is 2.45. The Labute approximate surface area is 60.8 Å². The van der Waals surface area contributed by atoms with E-state index < -0.39 is 0 Å². The van der Waals surface area contributed by atoms with Gasteiger partial charge in [0.25, 0.3) is 0 Å². The quantitative estimate of drug-likeness (QED) is 0.536. The molecular weight excluding hydrogens is 126 g/mol. The van der Waals surface area contributed by atoms with Crippen LogP contribution in [-0.4, -0.2) is 23.8 Å². The zero-order chi connectivity index (χ0) is 7.56. The summed E-state index contributed by atoms with van der Waals surface area (Å²) in [5.41, 5.74) is 0. The van der Waals surface area contributed by atoms with Crippen LogP contribution in [-0.2, 0) is 4.79 Å². The summed E-state index contributed by atoms with van der Waals surface area (Å²) in [6.45, 7) is 1.60. The molecule has 0 N–H and O–H groups in total. The predicted molar refractivity (Wildman–Crippen MR) is 40.5 cm³/mol. The van der Waals surface area contributed by atoms with E-state index in [0.29, 0.717) is 0 Å². The molecule has 10 heavy (non-hydrogen) atoms. The Morgan fingerprint density at radius 2 is 2.20 bits per heavy atom. The number of hydrogen-bond acceptors (Lipinski definition) is 2. The fraction of sp³-hybridized carbons (Fsp3) is 0.375. The van der Waals surface area contributed by atoms with E-state index in [9.17, 15) is 4.79 Å². The van der Waals surface area contributed by atoms with E-state index in [0.717, 1.165) is 0 Å². The Morgan fingerprint density at radius 3 is 2.60 bits per heavy atom. The van der Waals surface area contributed by atoms with Gasteiger partial charge in [-0.15, -0.1) is 0 Å². The van der Waals surface area contributed by atoms with Crippen molar-refractivity contribution in [1.82, 2.24) is 4.90 Å². The third-order valence-corrected chi connectivity index (χ3v) is 1.58. The maximum atomic E-state index is 10.9. The average molecular weight is 137 g/mol. The lowest BCUT2D eigenvalue weighted by molar-refractivity contribution is -0.119. The molecule has 1 aliphatic heterocycles. The second kappa shape index (κ2) is 2.69. The highest BCUT2D eigenvalue weighted by atomic mass is 16.1. The van der Waals surface area contributed by atoms with Crippen LogP contribution in [0.4, 0.5) is 0 Å². The molecule has 1 aliphatic rings. The number of Topliss-reactive ketones (excluding diaryl/α,β-unsaturated/α-hetero) is 1. The van der Waals surface area contributed by atoms with Crippen molar-refractivity contribution in [3.8, 4) is 0 Å². The number of carbonyl (C=O) groups is 1. The molecular formula is C8H11NO. The molecule has 0 aromatic heterocycles. The van der Waals surface area contributed by atoms with Crippen LogP contribution in [0.1, 0.15) is 6.92 Å². The SMILES string of the molecule is CC(=O)C1C=CC=CN1C. The van der Waals surface area contributed by atoms with E-state index in [1.807, 2.05) is 36.4 Å². The lowest BCUT2D eigenvalue weighted by Gasteiger charge is -2.23. The lowest BCUT2D eigenvalue weighted by atomic mass is 10.1. The van der Waals surface area contributed by atoms with Gasteiger partial charge in [0.2, 0.25) is 0 Å². The van der Waals surface area contributed by atoms with E-state index in [-0.39, 0.29) is 11.8 Å². The van der Waals surface area contributed by atoms with Crippen LogP contribution in [0.15, 0.2) is 24.4 Å². The van der Waals surface area contributed by atoms with E-state index in [1.54, 1.807) is 6.92 Å². The van der Waals surface area contributed by atoms with Gasteiger partial charge in [0.1, 0.15) is 6.04 Å². The van der Waals surface area contributed by atoms with Crippen LogP contribution >= 0.6 is 0 Å². The number of likely N-dealkylation sites (N-methyl/N-ethyl adjacent to an activating group) is 1. The Bertz CT molecular complexity index is 193. The van der Waals surface area contributed by atoms with E-state index in [2.05, 4.69) is 0 Å². The third-order valence-electron chi connectivity index (χ3n) is 1.58. The summed E-state index contributed by atoms with van der Waals surface area (Å²) in [6, 6.07) is -0.0509. The number of allylic oxidation sites excluding steroid dienone is 2. The maximum absolute atomic E-state index is 10.9. The van der Waals surface area contributed by atoms with Gasteiger partial charge in [-0.25, -0.2) is 0 Å². The molecule has 2 heteroatoms. The number of rotatable bonds is 1. The van der Waals surface area contributed by atoms with E-state index in [4.69, 9.17) is 0 Å². The van der Waals surface area contributed by atoms with Crippen LogP contribution in [0.2, 0.25) is 0 Å². The molecule has 0 saturated carbocycles. The molecule has 0 amide bonds. The van der Waals surface area contributed by atoms with Gasteiger partial charge in [-0.2, -0.15) is 0 Å². The average Bonchev–Trinajstić information content (AvgIpc) is 1.88. The predicted octanol–water partition coefficient (Wildman–Crippen LogP) is 0.959. The topological polar surface area (TPSA) is 20.3 Å². The first kappa shape index (κ1) is 7.06. The Hall–Kier alpha value is -1.05. The van der Waals surface area contributed by atoms with Crippen LogP contribution < -0.4 is 0 Å². The summed E-state index contributed by atoms with van der Waals surface area (Å²) >= 11 is 0. The number of carbonyl (C=O) groups excluding carboxylic acids is 1. The molecule has 54 valence electrons. The van der Waals surface area contributed by atoms with Gasteiger partial charge >= 0.3 is 0 Å². The maximum Gasteiger partial charge on any atom is 0.156 e. The molecule has 1 rings (SSSR count). The Balaban J connectivity index is 2.70. The molecule has 0 aromatic rings. The zero-order valence-corrected chi connectivity index (χ0v) is 6.24. The van der Waals surface area contributed by atoms with Crippen molar-refractivity contribution in [3.63, 3.8) is 0 Å². The summed E-state index contributed by atoms with van der Waals surface area (Å²) in [7, 11) is 1.89. The van der Waals surface area contributed by atoms with Gasteiger partial charge in [-0.05, 0) is 19.2 Å². The molecule has 0 aromatic carbocycles. The van der Waals surface area contributed by atoms with Crippen molar-refractivity contribution in [1.29, 1.82) is 0 Å². The minimum atomic E-state index is -0.0509. The van der Waals surface area contributed by atoms with Crippen molar-refractivity contribution in [2.75, 3.05) is 7.05 Å². The number of nitrogens with zero attached hydrogens (tertiary/aromatic N) is 1. The smallest absolute Gasteiger partial charge is 0.156 e. The monoisotopic (exact) mass is 137 g/mol. The first-order valence-electron chi connectivity index (χ1n) is 3.29. The van der Waals surface area contributed by atoms with E-state index in [1.165, 1.54) is 0 Å². The summed E-state index contributed by atoms with van der Waals surface area (Å²) in [5, 5.41) is 0. The summed E-state index contributed by atoms with van der Waals surface area (Å²) in [6.07, 6.45) is 7.60. The lowest BCUT2D eigenvalue weighted by Crippen LogP contribution is -2.32. The molecule has 0 fully saturated rings. The van der Waals surface area contributed by atoms with Gasteiger partial charge in [0, 0.05) is 7.05 Å². The normalized spacial score (nSPS) is 23.4. The zero-order valence-electron chi connectivity index (χ0n) is 6.24. The fourth-order valence-electron chi connectivity index (χ4n) is 1.01. The molecule has 1 unspecified atom stereocenters. The largest absolute Gasteiger partial charge is 0.367 e. The molecule has 1 heterocycles. The summed E-state index contributed by atoms with van der Waals surface area (Å²) in [5.74, 6) is 0.183. The highest BCUT2D eigenvalue weighted by Gasteiger charge is 2.14. The van der Waals surface area contributed by atoms with Crippen molar-refractivity contribution in [2.24, 2.45) is 0 Å². The number of ketones is 1. The van der Waals surface area contributed by atoms with Crippen LogP contribution in [0.5, 0.6) is 0 Å². The first-order chi connectivity index (χ1) is 4.72. The van der Waals surface area contributed by atoms with Crippen LogP contribution in [0, 0.1) is 0 Å². The molecule has 0 aliphatic carbocycles. The van der Waals surface area contributed by atoms with E-state index >= 15 is 0 Å². The van der Waals surface area contributed by atoms with Gasteiger partial charge in [-0.3, -0.25) is 4.79 Å². The van der Waals surface area contributed by atoms with Gasteiger partial charge < -0.3 is 4.90 Å². The standard InChI is InChI=1S/C8H11NO/c1-7(10)8-5-3-4-6-9(8)2/h3-6,8H,1-2H3.